The number of rotatable bonds is 7. The summed E-state index contributed by atoms with van der Waals surface area (Å²) in [5.41, 5.74) is 1.83. The van der Waals surface area contributed by atoms with Gasteiger partial charge in [0.05, 0.1) is 0 Å². The minimum absolute atomic E-state index is 0.265. The van der Waals surface area contributed by atoms with Gasteiger partial charge in [-0.1, -0.05) is 18.2 Å². The number of carbonyl (C=O) groups is 1. The molecule has 1 aromatic carbocycles. The molecule has 0 radical (unpaired) electrons. The van der Waals surface area contributed by atoms with Crippen molar-refractivity contribution in [2.45, 2.75) is 25.3 Å². The summed E-state index contributed by atoms with van der Waals surface area (Å²) in [5, 5.41) is 1.56. The van der Waals surface area contributed by atoms with Crippen LogP contribution in [-0.2, 0) is 27.8 Å². The van der Waals surface area contributed by atoms with Gasteiger partial charge in [0.1, 0.15) is 17.6 Å². The van der Waals surface area contributed by atoms with Crippen LogP contribution in [0, 0.1) is 0 Å². The van der Waals surface area contributed by atoms with E-state index >= 15 is 0 Å². The summed E-state index contributed by atoms with van der Waals surface area (Å²) >= 11 is 0. The number of amides is 1. The first-order chi connectivity index (χ1) is 11.4. The zero-order valence-electron chi connectivity index (χ0n) is 13.6. The Bertz CT molecular complexity index is 774. The van der Waals surface area contributed by atoms with E-state index in [9.17, 15) is 13.2 Å². The minimum Gasteiger partial charge on any atom is -0.489 e. The lowest BCUT2D eigenvalue weighted by Gasteiger charge is -2.11. The maximum absolute atomic E-state index is 11.8. The average molecular weight is 348 g/mol. The van der Waals surface area contributed by atoms with Gasteiger partial charge in [0, 0.05) is 30.8 Å². The number of nitrogens with one attached hydrogen (secondary N) is 1. The molecule has 1 aromatic heterocycles. The van der Waals surface area contributed by atoms with Crippen molar-refractivity contribution >= 4 is 15.7 Å². The van der Waals surface area contributed by atoms with E-state index < -0.39 is 21.0 Å². The Morgan fingerprint density at radius 2 is 1.92 bits per heavy atom. The van der Waals surface area contributed by atoms with Gasteiger partial charge in [0.15, 0.2) is 9.84 Å². The molecule has 0 spiro atoms. The number of aromatic nitrogens is 1. The van der Waals surface area contributed by atoms with E-state index in [0.717, 1.165) is 17.4 Å². The third-order valence-corrected chi connectivity index (χ3v) is 5.03. The van der Waals surface area contributed by atoms with Crippen LogP contribution in [0.1, 0.15) is 18.1 Å². The molecule has 0 aliphatic carbocycles. The molecule has 6 nitrogen and oxygen atoms in total. The van der Waals surface area contributed by atoms with Gasteiger partial charge in [0.2, 0.25) is 5.91 Å². The molecule has 1 heterocycles. The summed E-state index contributed by atoms with van der Waals surface area (Å²) in [5.74, 6) is 0.202. The van der Waals surface area contributed by atoms with Crippen molar-refractivity contribution in [3.05, 3.63) is 59.9 Å². The van der Waals surface area contributed by atoms with Crippen molar-refractivity contribution < 1.29 is 17.9 Å². The SMILES string of the molecule is C[C@H](C(=O)NCc1ccc(OCc2cccnc2)cc1)S(C)(=O)=O. The molecule has 1 N–H and O–H groups in total. The molecule has 2 rings (SSSR count). The van der Waals surface area contributed by atoms with E-state index in [0.29, 0.717) is 12.4 Å². The fraction of sp³-hybridized carbons (Fsp3) is 0.294. The Morgan fingerprint density at radius 3 is 2.50 bits per heavy atom. The first-order valence-corrected chi connectivity index (χ1v) is 9.39. The Balaban J connectivity index is 1.85. The second-order valence-corrected chi connectivity index (χ2v) is 7.85. The summed E-state index contributed by atoms with van der Waals surface area (Å²) in [6, 6.07) is 11.0. The number of benzene rings is 1. The molecule has 0 unspecified atom stereocenters. The largest absolute Gasteiger partial charge is 0.489 e. The topological polar surface area (TPSA) is 85.4 Å². The fourth-order valence-corrected chi connectivity index (χ4v) is 2.35. The molecule has 24 heavy (non-hydrogen) atoms. The highest BCUT2D eigenvalue weighted by atomic mass is 32.2. The lowest BCUT2D eigenvalue weighted by Crippen LogP contribution is -2.36. The zero-order chi connectivity index (χ0) is 17.6. The van der Waals surface area contributed by atoms with E-state index in [1.807, 2.05) is 24.3 Å². The molecule has 1 amide bonds. The summed E-state index contributed by atoms with van der Waals surface area (Å²) in [7, 11) is -3.38. The number of carbonyl (C=O) groups excluding carboxylic acids is 1. The van der Waals surface area contributed by atoms with Crippen LogP contribution in [0.5, 0.6) is 5.75 Å². The number of nitrogens with zero attached hydrogens (tertiary/aromatic N) is 1. The maximum atomic E-state index is 11.8. The highest BCUT2D eigenvalue weighted by Gasteiger charge is 2.22. The molecule has 0 saturated carbocycles. The highest BCUT2D eigenvalue weighted by Crippen LogP contribution is 2.14. The molecular formula is C17H20N2O4S. The smallest absolute Gasteiger partial charge is 0.238 e. The number of ether oxygens (including phenoxy) is 1. The molecule has 7 heteroatoms. The van der Waals surface area contributed by atoms with E-state index in [-0.39, 0.29) is 6.54 Å². The second kappa shape index (κ2) is 7.92. The number of sulfone groups is 1. The van der Waals surface area contributed by atoms with Crippen molar-refractivity contribution in [1.82, 2.24) is 10.3 Å². The Morgan fingerprint density at radius 1 is 1.21 bits per heavy atom. The van der Waals surface area contributed by atoms with E-state index in [4.69, 9.17) is 4.74 Å². The quantitative estimate of drug-likeness (QED) is 0.823. The third kappa shape index (κ3) is 5.34. The molecule has 0 aliphatic rings. The van der Waals surface area contributed by atoms with Crippen LogP contribution in [0.3, 0.4) is 0 Å². The van der Waals surface area contributed by atoms with Crippen LogP contribution < -0.4 is 10.1 Å². The predicted octanol–water partition coefficient (Wildman–Crippen LogP) is 1.71. The van der Waals surface area contributed by atoms with Crippen molar-refractivity contribution in [2.24, 2.45) is 0 Å². The van der Waals surface area contributed by atoms with Gasteiger partial charge in [-0.2, -0.15) is 0 Å². The lowest BCUT2D eigenvalue weighted by atomic mass is 10.2. The van der Waals surface area contributed by atoms with Gasteiger partial charge in [-0.3, -0.25) is 9.78 Å². The molecule has 0 bridgehead atoms. The van der Waals surface area contributed by atoms with Crippen LogP contribution >= 0.6 is 0 Å². The summed E-state index contributed by atoms with van der Waals surface area (Å²) in [6.45, 7) is 2.07. The van der Waals surface area contributed by atoms with Gasteiger partial charge in [-0.15, -0.1) is 0 Å². The van der Waals surface area contributed by atoms with Crippen LogP contribution in [0.2, 0.25) is 0 Å². The third-order valence-electron chi connectivity index (χ3n) is 3.53. The van der Waals surface area contributed by atoms with Gasteiger partial charge in [0.25, 0.3) is 0 Å². The van der Waals surface area contributed by atoms with E-state index in [1.54, 1.807) is 24.5 Å². The molecule has 128 valence electrons. The Kier molecular flexibility index (Phi) is 5.92. The maximum Gasteiger partial charge on any atom is 0.238 e. The summed E-state index contributed by atoms with van der Waals surface area (Å²) in [6.07, 6.45) is 4.50. The molecule has 1 atom stereocenters. The monoisotopic (exact) mass is 348 g/mol. The Labute approximate surface area is 141 Å². The predicted molar refractivity (Wildman–Crippen MR) is 91.2 cm³/mol. The van der Waals surface area contributed by atoms with Crippen LogP contribution in [0.25, 0.3) is 0 Å². The zero-order valence-corrected chi connectivity index (χ0v) is 14.4. The van der Waals surface area contributed by atoms with Gasteiger partial charge in [-0.25, -0.2) is 8.42 Å². The molecule has 0 aliphatic heterocycles. The van der Waals surface area contributed by atoms with Crippen LogP contribution in [0.15, 0.2) is 48.8 Å². The molecule has 0 fully saturated rings. The van der Waals surface area contributed by atoms with E-state index in [2.05, 4.69) is 10.3 Å². The highest BCUT2D eigenvalue weighted by molar-refractivity contribution is 7.92. The first kappa shape index (κ1) is 17.9. The summed E-state index contributed by atoms with van der Waals surface area (Å²) < 4.78 is 28.3. The van der Waals surface area contributed by atoms with Crippen molar-refractivity contribution in [1.29, 1.82) is 0 Å². The van der Waals surface area contributed by atoms with Gasteiger partial charge >= 0.3 is 0 Å². The van der Waals surface area contributed by atoms with Gasteiger partial charge in [-0.05, 0) is 30.7 Å². The van der Waals surface area contributed by atoms with E-state index in [1.165, 1.54) is 6.92 Å². The minimum atomic E-state index is -3.38. The lowest BCUT2D eigenvalue weighted by molar-refractivity contribution is -0.120. The van der Waals surface area contributed by atoms with Crippen molar-refractivity contribution in [3.63, 3.8) is 0 Å². The van der Waals surface area contributed by atoms with Crippen molar-refractivity contribution in [2.75, 3.05) is 6.26 Å². The van der Waals surface area contributed by atoms with Crippen LogP contribution in [-0.4, -0.2) is 30.8 Å². The summed E-state index contributed by atoms with van der Waals surface area (Å²) in [4.78, 5) is 15.8. The number of pyridine rings is 1. The molecule has 0 saturated heterocycles. The fourth-order valence-electron chi connectivity index (χ4n) is 1.88. The first-order valence-electron chi connectivity index (χ1n) is 7.43. The number of hydrogen-bond donors (Lipinski definition) is 1. The van der Waals surface area contributed by atoms with Crippen molar-refractivity contribution in [3.8, 4) is 5.75 Å². The number of hydrogen-bond acceptors (Lipinski definition) is 5. The molecule has 2 aromatic rings. The van der Waals surface area contributed by atoms with Crippen LogP contribution in [0.4, 0.5) is 0 Å². The Hall–Kier alpha value is -2.41. The average Bonchev–Trinajstić information content (AvgIpc) is 2.58. The standard InChI is InChI=1S/C17H20N2O4S/c1-13(24(2,21)22)17(20)19-11-14-5-7-16(8-6-14)23-12-15-4-3-9-18-10-15/h3-10,13H,11-12H2,1-2H3,(H,19,20)/t13-/m1/s1. The normalized spacial score (nSPS) is 12.4. The van der Waals surface area contributed by atoms with Gasteiger partial charge < -0.3 is 10.1 Å². The molecular weight excluding hydrogens is 328 g/mol. The second-order valence-electron chi connectivity index (χ2n) is 5.48.